The van der Waals surface area contributed by atoms with Gasteiger partial charge >= 0.3 is 6.03 Å². The predicted octanol–water partition coefficient (Wildman–Crippen LogP) is 6.62. The van der Waals surface area contributed by atoms with E-state index in [1.54, 1.807) is 21.9 Å². The van der Waals surface area contributed by atoms with Gasteiger partial charge in [0, 0.05) is 30.9 Å². The Balaban J connectivity index is 1.15. The summed E-state index contributed by atoms with van der Waals surface area (Å²) < 4.78 is 1.97. The molecule has 1 fully saturated rings. The van der Waals surface area contributed by atoms with Crippen molar-refractivity contribution in [1.82, 2.24) is 20.2 Å². The quantitative estimate of drug-likeness (QED) is 0.174. The summed E-state index contributed by atoms with van der Waals surface area (Å²) in [6.45, 7) is 1.18. The van der Waals surface area contributed by atoms with Gasteiger partial charge in [-0.1, -0.05) is 103 Å². The maximum absolute atomic E-state index is 13.3. The summed E-state index contributed by atoms with van der Waals surface area (Å²) in [6.07, 6.45) is 1.34. The zero-order valence-corrected chi connectivity index (χ0v) is 25.1. The molecular formula is C38H31N7O. The molecule has 0 N–H and O–H groups in total. The Morgan fingerprint density at radius 2 is 1.11 bits per heavy atom. The minimum atomic E-state index is -0.774. The Hall–Kier alpha value is -6.07. The van der Waals surface area contributed by atoms with Crippen LogP contribution in [-0.4, -0.2) is 39.3 Å². The van der Waals surface area contributed by atoms with Gasteiger partial charge in [-0.25, -0.2) is 9.48 Å². The normalized spacial score (nSPS) is 13.2. The van der Waals surface area contributed by atoms with Gasteiger partial charge < -0.3 is 0 Å². The molecule has 0 radical (unpaired) electrons. The molecule has 224 valence electrons. The topological polar surface area (TPSA) is 90.9 Å². The molecule has 0 unspecified atom stereocenters. The van der Waals surface area contributed by atoms with Crippen molar-refractivity contribution >= 4 is 17.4 Å². The molecule has 2 amide bonds. The average molecular weight is 602 g/mol. The highest BCUT2D eigenvalue weighted by molar-refractivity contribution is 6.06. The fourth-order valence-electron chi connectivity index (χ4n) is 6.36. The Bertz CT molecular complexity index is 1870. The lowest BCUT2D eigenvalue weighted by atomic mass is 9.77. The van der Waals surface area contributed by atoms with E-state index in [1.807, 2.05) is 47.1 Å². The van der Waals surface area contributed by atoms with Crippen molar-refractivity contribution in [1.29, 1.82) is 5.26 Å². The van der Waals surface area contributed by atoms with Gasteiger partial charge in [-0.05, 0) is 75.5 Å². The van der Waals surface area contributed by atoms with E-state index in [2.05, 4.69) is 107 Å². The molecule has 1 aliphatic heterocycles. The van der Waals surface area contributed by atoms with Crippen molar-refractivity contribution in [2.75, 3.05) is 22.9 Å². The van der Waals surface area contributed by atoms with Crippen LogP contribution in [0.3, 0.4) is 0 Å². The number of aromatic nitrogens is 4. The fraction of sp³-hybridized carbons (Fsp3) is 0.132. The number of amides is 2. The zero-order chi connectivity index (χ0) is 31.3. The van der Waals surface area contributed by atoms with Crippen LogP contribution in [0.25, 0.3) is 0 Å². The summed E-state index contributed by atoms with van der Waals surface area (Å²) in [7, 11) is 0. The van der Waals surface area contributed by atoms with Gasteiger partial charge in [0.2, 0.25) is 0 Å². The first-order valence-corrected chi connectivity index (χ1v) is 15.3. The van der Waals surface area contributed by atoms with Crippen molar-refractivity contribution in [3.63, 3.8) is 0 Å². The van der Waals surface area contributed by atoms with Gasteiger partial charge in [-0.3, -0.25) is 9.80 Å². The van der Waals surface area contributed by atoms with Gasteiger partial charge in [0.25, 0.3) is 0 Å². The molecule has 46 heavy (non-hydrogen) atoms. The van der Waals surface area contributed by atoms with E-state index in [0.717, 1.165) is 45.9 Å². The van der Waals surface area contributed by atoms with E-state index in [0.29, 0.717) is 25.1 Å². The number of tetrazole rings is 1. The third-order valence-corrected chi connectivity index (χ3v) is 8.63. The van der Waals surface area contributed by atoms with E-state index in [1.165, 1.54) is 0 Å². The number of rotatable bonds is 9. The first-order valence-electron chi connectivity index (χ1n) is 15.3. The van der Waals surface area contributed by atoms with Gasteiger partial charge in [0.05, 0.1) is 11.6 Å². The van der Waals surface area contributed by atoms with E-state index in [-0.39, 0.29) is 6.03 Å². The van der Waals surface area contributed by atoms with Crippen LogP contribution in [0, 0.1) is 11.3 Å². The van der Waals surface area contributed by atoms with E-state index in [9.17, 15) is 4.79 Å². The number of hydrogen-bond acceptors (Lipinski definition) is 5. The molecule has 8 nitrogen and oxygen atoms in total. The van der Waals surface area contributed by atoms with Gasteiger partial charge in [-0.2, -0.15) is 5.26 Å². The second-order valence-electron chi connectivity index (χ2n) is 11.2. The minimum absolute atomic E-state index is 0.0734. The van der Waals surface area contributed by atoms with Crippen LogP contribution in [-0.2, 0) is 18.4 Å². The first-order chi connectivity index (χ1) is 22.7. The summed E-state index contributed by atoms with van der Waals surface area (Å²) in [6, 6.07) is 48.5. The molecule has 1 aliphatic rings. The third kappa shape index (κ3) is 5.18. The van der Waals surface area contributed by atoms with Crippen molar-refractivity contribution < 1.29 is 4.79 Å². The second kappa shape index (κ2) is 12.5. The smallest absolute Gasteiger partial charge is 0.292 e. The monoisotopic (exact) mass is 601 g/mol. The number of carbonyl (C=O) groups excluding carboxylic acids is 1. The van der Waals surface area contributed by atoms with Crippen molar-refractivity contribution in [2.24, 2.45) is 0 Å². The molecule has 6 aromatic rings. The maximum atomic E-state index is 13.3. The number of nitrogens with zero attached hydrogens (tertiary/aromatic N) is 7. The average Bonchev–Trinajstić information content (AvgIpc) is 3.76. The molecule has 5 aromatic carbocycles. The van der Waals surface area contributed by atoms with Crippen LogP contribution in [0.5, 0.6) is 0 Å². The summed E-state index contributed by atoms with van der Waals surface area (Å²) >= 11 is 0. The molecule has 1 saturated heterocycles. The largest absolute Gasteiger partial charge is 0.329 e. The lowest BCUT2D eigenvalue weighted by Crippen LogP contribution is -2.40. The Morgan fingerprint density at radius 1 is 0.630 bits per heavy atom. The second-order valence-corrected chi connectivity index (χ2v) is 11.2. The fourth-order valence-corrected chi connectivity index (χ4v) is 6.36. The van der Waals surface area contributed by atoms with Crippen LogP contribution in [0.2, 0.25) is 0 Å². The van der Waals surface area contributed by atoms with E-state index >= 15 is 0 Å². The Morgan fingerprint density at radius 3 is 1.59 bits per heavy atom. The number of hydrogen-bond donors (Lipinski definition) is 0. The lowest BCUT2D eigenvalue weighted by molar-refractivity contribution is 0.256. The lowest BCUT2D eigenvalue weighted by Gasteiger charge is -2.36. The standard InChI is InChI=1S/C38H31N7O/c39-28-30-18-23-35(24-19-30)44-27-26-43(37(44)46)34-21-16-29(17-22-34)20-25-36-40-41-42-45(36)38(31-10-4-1-5-11-31,32-12-6-2-7-13-32)33-14-8-3-9-15-33/h1-19,21-24H,20,25-27H2. The summed E-state index contributed by atoms with van der Waals surface area (Å²) in [5.41, 5.74) is 5.76. The Labute approximate surface area is 267 Å². The number of nitriles is 1. The van der Waals surface area contributed by atoms with Gasteiger partial charge in [0.15, 0.2) is 5.82 Å². The highest BCUT2D eigenvalue weighted by atomic mass is 16.2. The van der Waals surface area contributed by atoms with Crippen molar-refractivity contribution in [2.45, 2.75) is 18.4 Å². The summed E-state index contributed by atoms with van der Waals surface area (Å²) in [5.74, 6) is 0.772. The van der Waals surface area contributed by atoms with E-state index in [4.69, 9.17) is 5.26 Å². The highest BCUT2D eigenvalue weighted by Gasteiger charge is 2.41. The van der Waals surface area contributed by atoms with E-state index < -0.39 is 5.54 Å². The highest BCUT2D eigenvalue weighted by Crippen LogP contribution is 2.40. The van der Waals surface area contributed by atoms with Crippen molar-refractivity contribution in [3.05, 3.63) is 173 Å². The number of anilines is 2. The van der Waals surface area contributed by atoms with Crippen molar-refractivity contribution in [3.8, 4) is 6.07 Å². The van der Waals surface area contributed by atoms with Crippen LogP contribution in [0.1, 0.15) is 33.6 Å². The zero-order valence-electron chi connectivity index (χ0n) is 25.1. The molecule has 0 aliphatic carbocycles. The minimum Gasteiger partial charge on any atom is -0.292 e. The van der Waals surface area contributed by atoms with Crippen LogP contribution in [0.15, 0.2) is 140 Å². The summed E-state index contributed by atoms with van der Waals surface area (Å²) in [4.78, 5) is 16.8. The molecule has 0 bridgehead atoms. The number of aryl methyl sites for hydroxylation is 2. The van der Waals surface area contributed by atoms with Crippen LogP contribution < -0.4 is 9.80 Å². The SMILES string of the molecule is N#Cc1ccc(N2CCN(c3ccc(CCc4nnnn4C(c4ccccc4)(c4ccccc4)c4ccccc4)cc3)C2=O)cc1. The molecule has 0 atom stereocenters. The summed E-state index contributed by atoms with van der Waals surface area (Å²) in [5, 5.41) is 22.5. The number of urea groups is 1. The first kappa shape index (κ1) is 28.7. The molecule has 1 aromatic heterocycles. The molecule has 2 heterocycles. The molecule has 8 heteroatoms. The Kier molecular flexibility index (Phi) is 7.80. The third-order valence-electron chi connectivity index (χ3n) is 8.63. The molecule has 0 saturated carbocycles. The van der Waals surface area contributed by atoms with Gasteiger partial charge in [-0.15, -0.1) is 5.10 Å². The molecular weight excluding hydrogens is 570 g/mol. The predicted molar refractivity (Wildman–Crippen MR) is 178 cm³/mol. The number of benzene rings is 5. The molecule has 7 rings (SSSR count). The van der Waals surface area contributed by atoms with Crippen LogP contribution >= 0.6 is 0 Å². The van der Waals surface area contributed by atoms with Crippen LogP contribution in [0.4, 0.5) is 16.2 Å². The maximum Gasteiger partial charge on any atom is 0.329 e. The molecule has 0 spiro atoms. The van der Waals surface area contributed by atoms with Gasteiger partial charge in [0.1, 0.15) is 5.54 Å². The number of carbonyl (C=O) groups is 1.